The molecule has 0 bridgehead atoms. The van der Waals surface area contributed by atoms with Crippen molar-refractivity contribution in [2.24, 2.45) is 5.73 Å². The summed E-state index contributed by atoms with van der Waals surface area (Å²) in [5.74, 6) is -0.294. The Kier molecular flexibility index (Phi) is 4.34. The fourth-order valence-corrected chi connectivity index (χ4v) is 2.66. The van der Waals surface area contributed by atoms with E-state index in [0.29, 0.717) is 0 Å². The molecule has 6 heteroatoms. The van der Waals surface area contributed by atoms with Gasteiger partial charge in [-0.25, -0.2) is 0 Å². The standard InChI is InChI=1S/C14H19N3O3/c1-16(11-8-6-10(15)7-9-11)14(18)12-4-2-3-5-13(12)17(19)20/h2-5,10-11H,6-9,15H2,1H3. The lowest BCUT2D eigenvalue weighted by Crippen LogP contribution is -2.42. The van der Waals surface area contributed by atoms with Gasteiger partial charge in [-0.05, 0) is 31.7 Å². The lowest BCUT2D eigenvalue weighted by molar-refractivity contribution is -0.385. The number of carbonyl (C=O) groups is 1. The Morgan fingerprint density at radius 3 is 2.50 bits per heavy atom. The third kappa shape index (κ3) is 2.96. The van der Waals surface area contributed by atoms with E-state index in [4.69, 9.17) is 5.73 Å². The highest BCUT2D eigenvalue weighted by molar-refractivity contribution is 5.98. The summed E-state index contributed by atoms with van der Waals surface area (Å²) < 4.78 is 0. The number of hydrogen-bond acceptors (Lipinski definition) is 4. The molecule has 0 aromatic heterocycles. The predicted molar refractivity (Wildman–Crippen MR) is 75.4 cm³/mol. The van der Waals surface area contributed by atoms with E-state index < -0.39 is 4.92 Å². The van der Waals surface area contributed by atoms with Crippen LogP contribution < -0.4 is 5.73 Å². The molecule has 1 aromatic carbocycles. The van der Waals surface area contributed by atoms with Gasteiger partial charge in [-0.1, -0.05) is 12.1 Å². The first kappa shape index (κ1) is 14.5. The van der Waals surface area contributed by atoms with Crippen LogP contribution in [0.5, 0.6) is 0 Å². The maximum Gasteiger partial charge on any atom is 0.282 e. The second-order valence-electron chi connectivity index (χ2n) is 5.26. The minimum atomic E-state index is -0.516. The number of nitrogens with two attached hydrogens (primary N) is 1. The SMILES string of the molecule is CN(C(=O)c1ccccc1[N+](=O)[O-])C1CCC(N)CC1. The van der Waals surface area contributed by atoms with Crippen LogP contribution in [0.2, 0.25) is 0 Å². The summed E-state index contributed by atoms with van der Waals surface area (Å²) >= 11 is 0. The number of hydrogen-bond donors (Lipinski definition) is 1. The van der Waals surface area contributed by atoms with Gasteiger partial charge in [-0.3, -0.25) is 14.9 Å². The molecule has 2 N–H and O–H groups in total. The van der Waals surface area contributed by atoms with E-state index in [2.05, 4.69) is 0 Å². The molecule has 0 spiro atoms. The van der Waals surface area contributed by atoms with Gasteiger partial charge in [0.25, 0.3) is 11.6 Å². The van der Waals surface area contributed by atoms with E-state index in [0.717, 1.165) is 25.7 Å². The maximum absolute atomic E-state index is 12.4. The van der Waals surface area contributed by atoms with Gasteiger partial charge < -0.3 is 10.6 Å². The molecule has 0 aliphatic heterocycles. The lowest BCUT2D eigenvalue weighted by atomic mass is 9.90. The van der Waals surface area contributed by atoms with Crippen molar-refractivity contribution in [1.29, 1.82) is 0 Å². The summed E-state index contributed by atoms with van der Waals surface area (Å²) in [6.45, 7) is 0. The summed E-state index contributed by atoms with van der Waals surface area (Å²) in [4.78, 5) is 24.5. The summed E-state index contributed by atoms with van der Waals surface area (Å²) in [5.41, 5.74) is 5.86. The number of carbonyl (C=O) groups excluding carboxylic acids is 1. The Labute approximate surface area is 117 Å². The van der Waals surface area contributed by atoms with Crippen LogP contribution >= 0.6 is 0 Å². The first-order chi connectivity index (χ1) is 9.50. The fraction of sp³-hybridized carbons (Fsp3) is 0.500. The van der Waals surface area contributed by atoms with E-state index >= 15 is 0 Å². The first-order valence-corrected chi connectivity index (χ1v) is 6.77. The van der Waals surface area contributed by atoms with Gasteiger partial charge in [0, 0.05) is 25.2 Å². The Morgan fingerprint density at radius 1 is 1.30 bits per heavy atom. The quantitative estimate of drug-likeness (QED) is 0.675. The second-order valence-corrected chi connectivity index (χ2v) is 5.26. The molecule has 1 fully saturated rings. The van der Waals surface area contributed by atoms with Crippen LogP contribution in [0.15, 0.2) is 24.3 Å². The summed E-state index contributed by atoms with van der Waals surface area (Å²) in [5, 5.41) is 11.0. The molecule has 108 valence electrons. The van der Waals surface area contributed by atoms with Gasteiger partial charge in [0.05, 0.1) is 4.92 Å². The van der Waals surface area contributed by atoms with Crippen LogP contribution in [0.25, 0.3) is 0 Å². The molecular formula is C14H19N3O3. The van der Waals surface area contributed by atoms with E-state index in [1.165, 1.54) is 12.1 Å². The smallest absolute Gasteiger partial charge is 0.282 e. The minimum absolute atomic E-state index is 0.113. The topological polar surface area (TPSA) is 89.5 Å². The average Bonchev–Trinajstić information content (AvgIpc) is 2.46. The van der Waals surface area contributed by atoms with Gasteiger partial charge >= 0.3 is 0 Å². The molecule has 1 aliphatic carbocycles. The predicted octanol–water partition coefficient (Wildman–Crippen LogP) is 1.94. The second kappa shape index (κ2) is 6.00. The van der Waals surface area contributed by atoms with Crippen molar-refractivity contribution in [1.82, 2.24) is 4.90 Å². The zero-order chi connectivity index (χ0) is 14.7. The zero-order valence-electron chi connectivity index (χ0n) is 11.5. The zero-order valence-corrected chi connectivity index (χ0v) is 11.5. The van der Waals surface area contributed by atoms with Crippen LogP contribution in [0, 0.1) is 10.1 Å². The Balaban J connectivity index is 2.17. The molecule has 20 heavy (non-hydrogen) atoms. The highest BCUT2D eigenvalue weighted by Crippen LogP contribution is 2.25. The van der Waals surface area contributed by atoms with E-state index in [9.17, 15) is 14.9 Å². The number of benzene rings is 1. The normalized spacial score (nSPS) is 22.3. The van der Waals surface area contributed by atoms with Crippen molar-refractivity contribution >= 4 is 11.6 Å². The van der Waals surface area contributed by atoms with Crippen LogP contribution in [-0.2, 0) is 0 Å². The van der Waals surface area contributed by atoms with Crippen molar-refractivity contribution < 1.29 is 9.72 Å². The largest absolute Gasteiger partial charge is 0.339 e. The number of nitro groups is 1. The third-order valence-corrected chi connectivity index (χ3v) is 3.94. The highest BCUT2D eigenvalue weighted by atomic mass is 16.6. The molecule has 1 amide bonds. The van der Waals surface area contributed by atoms with Crippen LogP contribution in [0.3, 0.4) is 0 Å². The van der Waals surface area contributed by atoms with Crippen LogP contribution in [0.4, 0.5) is 5.69 Å². The van der Waals surface area contributed by atoms with Gasteiger partial charge in [0.15, 0.2) is 0 Å². The van der Waals surface area contributed by atoms with Crippen molar-refractivity contribution in [2.75, 3.05) is 7.05 Å². The van der Waals surface area contributed by atoms with E-state index in [-0.39, 0.29) is 29.2 Å². The maximum atomic E-state index is 12.4. The molecule has 1 saturated carbocycles. The molecule has 0 radical (unpaired) electrons. The summed E-state index contributed by atoms with van der Waals surface area (Å²) in [7, 11) is 1.71. The Morgan fingerprint density at radius 2 is 1.90 bits per heavy atom. The van der Waals surface area contributed by atoms with Crippen molar-refractivity contribution in [3.8, 4) is 0 Å². The molecule has 6 nitrogen and oxygen atoms in total. The molecule has 0 unspecified atom stereocenters. The van der Waals surface area contributed by atoms with Gasteiger partial charge in [0.1, 0.15) is 5.56 Å². The van der Waals surface area contributed by atoms with E-state index in [1.54, 1.807) is 24.1 Å². The molecule has 0 atom stereocenters. The summed E-state index contributed by atoms with van der Waals surface area (Å²) in [6, 6.07) is 6.39. The third-order valence-electron chi connectivity index (χ3n) is 3.94. The van der Waals surface area contributed by atoms with Crippen molar-refractivity contribution in [3.05, 3.63) is 39.9 Å². The highest BCUT2D eigenvalue weighted by Gasteiger charge is 2.28. The van der Waals surface area contributed by atoms with Crippen molar-refractivity contribution in [3.63, 3.8) is 0 Å². The molecular weight excluding hydrogens is 258 g/mol. The molecule has 0 heterocycles. The first-order valence-electron chi connectivity index (χ1n) is 6.77. The number of rotatable bonds is 3. The van der Waals surface area contributed by atoms with Gasteiger partial charge in [-0.15, -0.1) is 0 Å². The Hall–Kier alpha value is -1.95. The molecule has 1 aliphatic rings. The summed E-state index contributed by atoms with van der Waals surface area (Å²) in [6.07, 6.45) is 3.48. The molecule has 2 rings (SSSR count). The number of para-hydroxylation sites is 1. The van der Waals surface area contributed by atoms with Gasteiger partial charge in [0.2, 0.25) is 0 Å². The van der Waals surface area contributed by atoms with Crippen molar-refractivity contribution in [2.45, 2.75) is 37.8 Å². The lowest BCUT2D eigenvalue weighted by Gasteiger charge is -2.33. The molecule has 0 saturated heterocycles. The van der Waals surface area contributed by atoms with Crippen LogP contribution in [-0.4, -0.2) is 34.9 Å². The van der Waals surface area contributed by atoms with E-state index in [1.807, 2.05) is 0 Å². The van der Waals surface area contributed by atoms with Gasteiger partial charge in [-0.2, -0.15) is 0 Å². The number of nitrogens with zero attached hydrogens (tertiary/aromatic N) is 2. The molecule has 1 aromatic rings. The number of amides is 1. The minimum Gasteiger partial charge on any atom is -0.339 e. The number of nitro benzene ring substituents is 1. The Bertz CT molecular complexity index is 510. The fourth-order valence-electron chi connectivity index (χ4n) is 2.66. The monoisotopic (exact) mass is 277 g/mol. The average molecular weight is 277 g/mol. The van der Waals surface area contributed by atoms with Crippen LogP contribution in [0.1, 0.15) is 36.0 Å².